The van der Waals surface area contributed by atoms with Gasteiger partial charge in [0.25, 0.3) is 0 Å². The number of rotatable bonds is 2. The summed E-state index contributed by atoms with van der Waals surface area (Å²) in [6.45, 7) is 1.53. The van der Waals surface area contributed by atoms with Crippen LogP contribution in [-0.2, 0) is 0 Å². The molecule has 0 aliphatic carbocycles. The highest BCUT2D eigenvalue weighted by Gasteiger charge is 2.18. The first kappa shape index (κ1) is 11.1. The molecule has 1 aromatic rings. The number of hydrogen-bond donors (Lipinski definition) is 1. The Morgan fingerprint density at radius 1 is 1.50 bits per heavy atom. The van der Waals surface area contributed by atoms with Crippen molar-refractivity contribution in [3.05, 3.63) is 34.5 Å². The molecule has 1 N–H and O–H groups in total. The van der Waals surface area contributed by atoms with Crippen LogP contribution in [0.3, 0.4) is 0 Å². The largest absolute Gasteiger partial charge is 0.478 e. The van der Waals surface area contributed by atoms with Crippen LogP contribution in [0.25, 0.3) is 0 Å². The van der Waals surface area contributed by atoms with E-state index in [1.165, 1.54) is 0 Å². The fourth-order valence-electron chi connectivity index (χ4n) is 1.68. The van der Waals surface area contributed by atoms with E-state index >= 15 is 0 Å². The minimum absolute atomic E-state index is 0.240. The van der Waals surface area contributed by atoms with Crippen LogP contribution >= 0.6 is 15.9 Å². The maximum atomic E-state index is 11.1. The van der Waals surface area contributed by atoms with Crippen molar-refractivity contribution < 1.29 is 9.90 Å². The molecule has 16 heavy (non-hydrogen) atoms. The molecule has 1 aliphatic heterocycles. The number of carboxylic acid groups (broad SMARTS) is 1. The topological polar surface area (TPSA) is 53.4 Å². The summed E-state index contributed by atoms with van der Waals surface area (Å²) in [6, 6.07) is 1.59. The number of halogens is 1. The van der Waals surface area contributed by atoms with Gasteiger partial charge in [-0.15, -0.1) is 0 Å². The zero-order valence-electron chi connectivity index (χ0n) is 8.56. The molecule has 2 heterocycles. The molecule has 0 saturated carbocycles. The Balaban J connectivity index is 2.39. The van der Waals surface area contributed by atoms with Gasteiger partial charge in [-0.3, -0.25) is 0 Å². The molecule has 1 aliphatic rings. The van der Waals surface area contributed by atoms with Gasteiger partial charge in [-0.1, -0.05) is 12.2 Å². The van der Waals surface area contributed by atoms with Gasteiger partial charge in [0.05, 0.1) is 0 Å². The van der Waals surface area contributed by atoms with Crippen molar-refractivity contribution in [3.63, 3.8) is 0 Å². The Kier molecular flexibility index (Phi) is 3.24. The Morgan fingerprint density at radius 3 is 2.94 bits per heavy atom. The predicted molar refractivity (Wildman–Crippen MR) is 64.9 cm³/mol. The van der Waals surface area contributed by atoms with Crippen LogP contribution in [0.2, 0.25) is 0 Å². The average molecular weight is 283 g/mol. The molecule has 0 amide bonds. The fourth-order valence-corrected chi connectivity index (χ4v) is 2.01. The van der Waals surface area contributed by atoms with Gasteiger partial charge < -0.3 is 10.0 Å². The van der Waals surface area contributed by atoms with Crippen molar-refractivity contribution in [2.24, 2.45) is 0 Å². The zero-order valence-corrected chi connectivity index (χ0v) is 10.1. The van der Waals surface area contributed by atoms with Crippen molar-refractivity contribution in [1.82, 2.24) is 4.98 Å². The van der Waals surface area contributed by atoms with Crippen LogP contribution in [0.4, 0.5) is 5.82 Å². The molecule has 0 spiro atoms. The smallest absolute Gasteiger partial charge is 0.339 e. The van der Waals surface area contributed by atoms with Crippen LogP contribution in [0.1, 0.15) is 16.8 Å². The van der Waals surface area contributed by atoms with Crippen LogP contribution in [0, 0.1) is 0 Å². The summed E-state index contributed by atoms with van der Waals surface area (Å²) >= 11 is 3.23. The van der Waals surface area contributed by atoms with Crippen molar-refractivity contribution in [1.29, 1.82) is 0 Å². The maximum absolute atomic E-state index is 11.1. The summed E-state index contributed by atoms with van der Waals surface area (Å²) in [5, 5.41) is 9.12. The molecule has 0 fully saturated rings. The fraction of sp³-hybridized carbons (Fsp3) is 0.273. The Bertz CT molecular complexity index is 446. The molecule has 5 heteroatoms. The number of pyridine rings is 1. The van der Waals surface area contributed by atoms with E-state index in [2.05, 4.69) is 27.0 Å². The average Bonchev–Trinajstić information content (AvgIpc) is 2.30. The number of carboxylic acids is 1. The summed E-state index contributed by atoms with van der Waals surface area (Å²) in [7, 11) is 0. The summed E-state index contributed by atoms with van der Waals surface area (Å²) < 4.78 is 0.682. The second kappa shape index (κ2) is 4.65. The lowest BCUT2D eigenvalue weighted by Crippen LogP contribution is -2.29. The van der Waals surface area contributed by atoms with Gasteiger partial charge in [-0.2, -0.15) is 0 Å². The van der Waals surface area contributed by atoms with E-state index in [-0.39, 0.29) is 5.56 Å². The van der Waals surface area contributed by atoms with Crippen LogP contribution < -0.4 is 4.90 Å². The Labute approximate surface area is 102 Å². The molecule has 1 aromatic heterocycles. The minimum atomic E-state index is -0.946. The molecule has 84 valence electrons. The quantitative estimate of drug-likeness (QED) is 0.846. The highest BCUT2D eigenvalue weighted by atomic mass is 79.9. The number of anilines is 1. The molecule has 0 saturated heterocycles. The third-order valence-corrected chi connectivity index (χ3v) is 2.86. The van der Waals surface area contributed by atoms with Gasteiger partial charge in [0.1, 0.15) is 11.4 Å². The third-order valence-electron chi connectivity index (χ3n) is 2.42. The molecule has 2 rings (SSSR count). The van der Waals surface area contributed by atoms with E-state index in [4.69, 9.17) is 5.11 Å². The summed E-state index contributed by atoms with van der Waals surface area (Å²) in [5.74, 6) is -0.404. The van der Waals surface area contributed by atoms with Crippen molar-refractivity contribution >= 4 is 27.7 Å². The SMILES string of the molecule is O=C(O)c1cc(Br)cnc1N1CC=CCC1. The standard InChI is InChI=1S/C11H11BrN2O2/c12-8-6-9(11(15)16)10(13-7-8)14-4-2-1-3-5-14/h1-2,6-7H,3-5H2,(H,15,16). The molecule has 0 atom stereocenters. The van der Waals surface area contributed by atoms with Gasteiger partial charge in [-0.05, 0) is 28.4 Å². The van der Waals surface area contributed by atoms with Crippen LogP contribution in [-0.4, -0.2) is 29.1 Å². The number of carbonyl (C=O) groups is 1. The molecule has 0 radical (unpaired) electrons. The minimum Gasteiger partial charge on any atom is -0.478 e. The van der Waals surface area contributed by atoms with Gasteiger partial charge in [0.15, 0.2) is 0 Å². The van der Waals surface area contributed by atoms with E-state index in [9.17, 15) is 4.79 Å². The zero-order chi connectivity index (χ0) is 11.5. The third kappa shape index (κ3) is 2.24. The van der Waals surface area contributed by atoms with Crippen molar-refractivity contribution in [3.8, 4) is 0 Å². The van der Waals surface area contributed by atoms with Gasteiger partial charge in [-0.25, -0.2) is 9.78 Å². The number of nitrogens with zero attached hydrogens (tertiary/aromatic N) is 2. The number of aromatic nitrogens is 1. The van der Waals surface area contributed by atoms with Gasteiger partial charge in [0.2, 0.25) is 0 Å². The molecule has 0 aromatic carbocycles. The van der Waals surface area contributed by atoms with E-state index in [1.54, 1.807) is 12.3 Å². The van der Waals surface area contributed by atoms with Gasteiger partial charge >= 0.3 is 5.97 Å². The van der Waals surface area contributed by atoms with Crippen LogP contribution in [0.5, 0.6) is 0 Å². The molecule has 0 bridgehead atoms. The summed E-state index contributed by atoms with van der Waals surface area (Å²) in [5.41, 5.74) is 0.240. The highest BCUT2D eigenvalue weighted by Crippen LogP contribution is 2.23. The first-order valence-electron chi connectivity index (χ1n) is 4.97. The monoisotopic (exact) mass is 282 g/mol. The normalized spacial score (nSPS) is 15.2. The summed E-state index contributed by atoms with van der Waals surface area (Å²) in [6.07, 6.45) is 6.67. The summed E-state index contributed by atoms with van der Waals surface area (Å²) in [4.78, 5) is 17.3. The van der Waals surface area contributed by atoms with E-state index in [1.807, 2.05) is 11.0 Å². The first-order valence-corrected chi connectivity index (χ1v) is 5.76. The van der Waals surface area contributed by atoms with Gasteiger partial charge in [0, 0.05) is 23.8 Å². The maximum Gasteiger partial charge on any atom is 0.339 e. The van der Waals surface area contributed by atoms with Crippen molar-refractivity contribution in [2.45, 2.75) is 6.42 Å². The van der Waals surface area contributed by atoms with E-state index < -0.39 is 5.97 Å². The highest BCUT2D eigenvalue weighted by molar-refractivity contribution is 9.10. The molecular weight excluding hydrogens is 272 g/mol. The predicted octanol–water partition coefficient (Wildman–Crippen LogP) is 2.31. The lowest BCUT2D eigenvalue weighted by atomic mass is 10.2. The Morgan fingerprint density at radius 2 is 2.31 bits per heavy atom. The second-order valence-electron chi connectivity index (χ2n) is 3.54. The lowest BCUT2D eigenvalue weighted by Gasteiger charge is -2.25. The van der Waals surface area contributed by atoms with E-state index in [0.29, 0.717) is 10.3 Å². The van der Waals surface area contributed by atoms with E-state index in [0.717, 1.165) is 19.5 Å². The second-order valence-corrected chi connectivity index (χ2v) is 4.45. The Hall–Kier alpha value is -1.36. The number of hydrogen-bond acceptors (Lipinski definition) is 3. The molecule has 4 nitrogen and oxygen atoms in total. The molecule has 0 unspecified atom stereocenters. The molecular formula is C11H11BrN2O2. The van der Waals surface area contributed by atoms with Crippen molar-refractivity contribution in [2.75, 3.05) is 18.0 Å². The lowest BCUT2D eigenvalue weighted by molar-refractivity contribution is 0.0697. The van der Waals surface area contributed by atoms with Crippen LogP contribution in [0.15, 0.2) is 28.9 Å². The first-order chi connectivity index (χ1) is 7.68. The number of aromatic carboxylic acids is 1.